The number of unbranched alkanes of at least 4 members (excludes halogenated alkanes) is 5. The number of hydrogen-bond donors (Lipinski definition) is 0. The van der Waals surface area contributed by atoms with Gasteiger partial charge in [-0.1, -0.05) is 100 Å². The molecule has 2 rings (SSSR count). The lowest BCUT2D eigenvalue weighted by Gasteiger charge is -2.37. The maximum absolute atomic E-state index is 5.79. The van der Waals surface area contributed by atoms with E-state index in [2.05, 4.69) is 55.5 Å². The highest BCUT2D eigenvalue weighted by Gasteiger charge is 2.41. The van der Waals surface area contributed by atoms with Gasteiger partial charge in [-0.25, -0.2) is 0 Å². The van der Waals surface area contributed by atoms with Crippen LogP contribution in [0.15, 0.2) is 54.6 Å². The Labute approximate surface area is 171 Å². The van der Waals surface area contributed by atoms with Gasteiger partial charge in [0.15, 0.2) is 0 Å². The van der Waals surface area contributed by atoms with Crippen molar-refractivity contribution in [1.29, 1.82) is 0 Å². The van der Waals surface area contributed by atoms with E-state index in [1.807, 2.05) is 6.07 Å². The lowest BCUT2D eigenvalue weighted by atomic mass is 9.85. The molecule has 0 fully saturated rings. The summed E-state index contributed by atoms with van der Waals surface area (Å²) in [4.78, 5) is 0. The van der Waals surface area contributed by atoms with Gasteiger partial charge in [0.05, 0.1) is 5.92 Å². The minimum Gasteiger partial charge on any atom is -0.330 e. The van der Waals surface area contributed by atoms with E-state index in [-0.39, 0.29) is 5.92 Å². The SMILES string of the molecule is CCCCCCCCC(c1ccccc1-c1ccccc1)C(OC)(OC)OC. The summed E-state index contributed by atoms with van der Waals surface area (Å²) in [5.74, 6) is -1.11. The predicted octanol–water partition coefficient (Wildman–Crippen LogP) is 6.78. The van der Waals surface area contributed by atoms with E-state index in [1.54, 1.807) is 21.3 Å². The minimum atomic E-state index is -1.09. The third-order valence-corrected chi connectivity index (χ3v) is 5.55. The fraction of sp³-hybridized carbons (Fsp3) is 0.520. The Morgan fingerprint density at radius 3 is 1.93 bits per heavy atom. The zero-order valence-corrected chi connectivity index (χ0v) is 17.9. The normalized spacial score (nSPS) is 12.9. The molecule has 0 amide bonds. The van der Waals surface area contributed by atoms with Gasteiger partial charge < -0.3 is 14.2 Å². The Morgan fingerprint density at radius 1 is 0.714 bits per heavy atom. The lowest BCUT2D eigenvalue weighted by Crippen LogP contribution is -2.42. The van der Waals surface area contributed by atoms with E-state index < -0.39 is 5.97 Å². The fourth-order valence-electron chi connectivity index (χ4n) is 4.01. The second-order valence-corrected chi connectivity index (χ2v) is 7.28. The Kier molecular flexibility index (Phi) is 9.69. The highest BCUT2D eigenvalue weighted by atomic mass is 16.9. The molecule has 0 radical (unpaired) electrons. The van der Waals surface area contributed by atoms with Crippen LogP contribution in [0.1, 0.15) is 63.4 Å². The molecule has 2 aromatic rings. The third kappa shape index (κ3) is 5.66. The summed E-state index contributed by atoms with van der Waals surface area (Å²) in [5.41, 5.74) is 3.60. The lowest BCUT2D eigenvalue weighted by molar-refractivity contribution is -0.365. The highest BCUT2D eigenvalue weighted by Crippen LogP contribution is 2.41. The molecule has 0 aliphatic rings. The standard InChI is InChI=1S/C25H36O3/c1-5-6-7-8-9-13-20-24(25(26-2,27-3)28-4)23-19-15-14-18-22(23)21-16-11-10-12-17-21/h10-12,14-19,24H,5-9,13,20H2,1-4H3. The average molecular weight is 385 g/mol. The number of ether oxygens (including phenoxy) is 3. The number of benzene rings is 2. The molecule has 1 unspecified atom stereocenters. The summed E-state index contributed by atoms with van der Waals surface area (Å²) >= 11 is 0. The van der Waals surface area contributed by atoms with Crippen LogP contribution in [0, 0.1) is 0 Å². The maximum atomic E-state index is 5.79. The van der Waals surface area contributed by atoms with E-state index >= 15 is 0 Å². The van der Waals surface area contributed by atoms with Crippen molar-refractivity contribution in [3.63, 3.8) is 0 Å². The second kappa shape index (κ2) is 12.0. The minimum absolute atomic E-state index is 0.0184. The molecule has 2 aromatic carbocycles. The van der Waals surface area contributed by atoms with Crippen LogP contribution in [-0.2, 0) is 14.2 Å². The molecule has 0 saturated carbocycles. The number of hydrogen-bond acceptors (Lipinski definition) is 3. The molecule has 0 bridgehead atoms. The van der Waals surface area contributed by atoms with Crippen LogP contribution in [0.2, 0.25) is 0 Å². The third-order valence-electron chi connectivity index (χ3n) is 5.55. The van der Waals surface area contributed by atoms with Gasteiger partial charge in [0.2, 0.25) is 0 Å². The van der Waals surface area contributed by atoms with Gasteiger partial charge in [0.1, 0.15) is 0 Å². The van der Waals surface area contributed by atoms with E-state index in [1.165, 1.54) is 48.8 Å². The molecule has 0 saturated heterocycles. The van der Waals surface area contributed by atoms with Crippen LogP contribution in [-0.4, -0.2) is 27.3 Å². The van der Waals surface area contributed by atoms with Gasteiger partial charge in [-0.3, -0.25) is 0 Å². The van der Waals surface area contributed by atoms with Gasteiger partial charge in [-0.2, -0.15) is 0 Å². The van der Waals surface area contributed by atoms with Crippen molar-refractivity contribution in [2.24, 2.45) is 0 Å². The van der Waals surface area contributed by atoms with Crippen molar-refractivity contribution in [1.82, 2.24) is 0 Å². The molecule has 0 spiro atoms. The van der Waals surface area contributed by atoms with Crippen molar-refractivity contribution in [3.8, 4) is 11.1 Å². The Hall–Kier alpha value is -1.68. The van der Waals surface area contributed by atoms with Crippen molar-refractivity contribution in [3.05, 3.63) is 60.2 Å². The first-order chi connectivity index (χ1) is 13.7. The molecule has 154 valence electrons. The zero-order chi connectivity index (χ0) is 20.2. The predicted molar refractivity (Wildman–Crippen MR) is 116 cm³/mol. The van der Waals surface area contributed by atoms with Crippen LogP contribution in [0.5, 0.6) is 0 Å². The van der Waals surface area contributed by atoms with Gasteiger partial charge in [-0.05, 0) is 23.1 Å². The number of rotatable bonds is 13. The van der Waals surface area contributed by atoms with Gasteiger partial charge in [0.25, 0.3) is 5.97 Å². The average Bonchev–Trinajstić information content (AvgIpc) is 2.76. The summed E-state index contributed by atoms with van der Waals surface area (Å²) in [6.07, 6.45) is 8.47. The molecular formula is C25H36O3. The van der Waals surface area contributed by atoms with Gasteiger partial charge in [-0.15, -0.1) is 0 Å². The van der Waals surface area contributed by atoms with Gasteiger partial charge >= 0.3 is 0 Å². The molecule has 28 heavy (non-hydrogen) atoms. The first-order valence-electron chi connectivity index (χ1n) is 10.5. The maximum Gasteiger partial charge on any atom is 0.289 e. The fourth-order valence-corrected chi connectivity index (χ4v) is 4.01. The van der Waals surface area contributed by atoms with Crippen LogP contribution >= 0.6 is 0 Å². The first kappa shape index (κ1) is 22.6. The number of methoxy groups -OCH3 is 3. The van der Waals surface area contributed by atoms with Crippen LogP contribution in [0.3, 0.4) is 0 Å². The van der Waals surface area contributed by atoms with E-state index in [9.17, 15) is 0 Å². The van der Waals surface area contributed by atoms with Crippen LogP contribution in [0.4, 0.5) is 0 Å². The first-order valence-corrected chi connectivity index (χ1v) is 10.5. The van der Waals surface area contributed by atoms with Crippen molar-refractivity contribution in [2.45, 2.75) is 63.8 Å². The van der Waals surface area contributed by atoms with E-state index in [0.29, 0.717) is 0 Å². The van der Waals surface area contributed by atoms with Gasteiger partial charge in [0, 0.05) is 21.3 Å². The van der Waals surface area contributed by atoms with Crippen molar-refractivity contribution >= 4 is 0 Å². The molecule has 0 aliphatic carbocycles. The Bertz CT molecular complexity index is 656. The molecule has 3 heteroatoms. The topological polar surface area (TPSA) is 27.7 Å². The molecule has 1 atom stereocenters. The molecule has 0 aliphatic heterocycles. The van der Waals surface area contributed by atoms with Crippen molar-refractivity contribution < 1.29 is 14.2 Å². The Morgan fingerprint density at radius 2 is 1.29 bits per heavy atom. The monoisotopic (exact) mass is 384 g/mol. The summed E-state index contributed by atoms with van der Waals surface area (Å²) in [6.45, 7) is 2.25. The Balaban J connectivity index is 2.32. The van der Waals surface area contributed by atoms with Crippen molar-refractivity contribution in [2.75, 3.05) is 21.3 Å². The molecule has 0 N–H and O–H groups in total. The molecule has 3 nitrogen and oxygen atoms in total. The van der Waals surface area contributed by atoms with Crippen LogP contribution < -0.4 is 0 Å². The molecule has 0 aromatic heterocycles. The molecular weight excluding hydrogens is 348 g/mol. The molecule has 0 heterocycles. The largest absolute Gasteiger partial charge is 0.330 e. The quantitative estimate of drug-likeness (QED) is 0.281. The second-order valence-electron chi connectivity index (χ2n) is 7.28. The smallest absolute Gasteiger partial charge is 0.289 e. The van der Waals surface area contributed by atoms with E-state index in [0.717, 1.165) is 12.8 Å². The van der Waals surface area contributed by atoms with Crippen LogP contribution in [0.25, 0.3) is 11.1 Å². The summed E-state index contributed by atoms with van der Waals surface area (Å²) < 4.78 is 17.4. The zero-order valence-electron chi connectivity index (χ0n) is 17.9. The van der Waals surface area contributed by atoms with E-state index in [4.69, 9.17) is 14.2 Å². The summed E-state index contributed by atoms with van der Waals surface area (Å²) in [6, 6.07) is 19.0. The highest BCUT2D eigenvalue weighted by molar-refractivity contribution is 5.68. The summed E-state index contributed by atoms with van der Waals surface area (Å²) in [7, 11) is 4.98. The summed E-state index contributed by atoms with van der Waals surface area (Å²) in [5, 5.41) is 0.